The molecule has 2 aliphatic heterocycles. The number of carbonyl (C=O) groups is 1. The Balaban J connectivity index is 1.84. The van der Waals surface area contributed by atoms with Crippen LogP contribution in [0.1, 0.15) is 36.2 Å². The highest BCUT2D eigenvalue weighted by Gasteiger charge is 2.37. The Kier molecular flexibility index (Phi) is 2.78. The molecule has 0 bridgehead atoms. The zero-order valence-corrected chi connectivity index (χ0v) is 11.5. The molecule has 1 unspecified atom stereocenters. The second-order valence-electron chi connectivity index (χ2n) is 5.67. The third-order valence-corrected chi connectivity index (χ3v) is 4.37. The van der Waals surface area contributed by atoms with Crippen molar-refractivity contribution in [3.8, 4) is 0 Å². The van der Waals surface area contributed by atoms with Crippen LogP contribution in [-0.4, -0.2) is 28.5 Å². The van der Waals surface area contributed by atoms with Gasteiger partial charge >= 0.3 is 0 Å². The summed E-state index contributed by atoms with van der Waals surface area (Å²) in [6.07, 6.45) is 7.11. The second-order valence-corrected chi connectivity index (χ2v) is 5.67. The summed E-state index contributed by atoms with van der Waals surface area (Å²) in [5, 5.41) is 3.32. The van der Waals surface area contributed by atoms with Gasteiger partial charge < -0.3 is 5.32 Å². The molecule has 4 rings (SSSR count). The molecule has 6 heteroatoms. The molecule has 21 heavy (non-hydrogen) atoms. The van der Waals surface area contributed by atoms with Gasteiger partial charge in [-0.15, -0.1) is 0 Å². The van der Waals surface area contributed by atoms with Crippen LogP contribution >= 0.6 is 0 Å². The Morgan fingerprint density at radius 1 is 1.24 bits per heavy atom. The largest absolute Gasteiger partial charge is 0.317 e. The first-order valence-electron chi connectivity index (χ1n) is 7.28. The number of fused-ring (bicyclic) bond motifs is 3. The molecular weight excluding hydrogens is 268 g/mol. The summed E-state index contributed by atoms with van der Waals surface area (Å²) in [6.45, 7) is 1.90. The minimum Gasteiger partial charge on any atom is -0.317 e. The molecule has 6 nitrogen and oxygen atoms in total. The standard InChI is InChI=1S/C15H16N4O2/c20-12-3-1-2-10-14(12)15-17-13(21)8-11(19(15)18-10)9-4-6-16-7-5-9/h1-3,8-9,14,16,18H,4-7H2. The first kappa shape index (κ1) is 12.5. The van der Waals surface area contributed by atoms with Crippen molar-refractivity contribution in [2.75, 3.05) is 18.5 Å². The molecule has 1 aromatic heterocycles. The maximum Gasteiger partial charge on any atom is 0.273 e. The summed E-state index contributed by atoms with van der Waals surface area (Å²) in [7, 11) is 0. The number of hydrogen-bond acceptors (Lipinski definition) is 5. The van der Waals surface area contributed by atoms with Crippen LogP contribution in [-0.2, 0) is 4.79 Å². The van der Waals surface area contributed by atoms with E-state index >= 15 is 0 Å². The fourth-order valence-electron chi connectivity index (χ4n) is 3.34. The van der Waals surface area contributed by atoms with Crippen molar-refractivity contribution in [2.45, 2.75) is 24.7 Å². The van der Waals surface area contributed by atoms with Crippen LogP contribution in [0.15, 0.2) is 34.8 Å². The van der Waals surface area contributed by atoms with Gasteiger partial charge in [0, 0.05) is 12.0 Å². The minimum atomic E-state index is -0.454. The highest BCUT2D eigenvalue weighted by Crippen LogP contribution is 2.34. The molecule has 0 amide bonds. The molecule has 108 valence electrons. The van der Waals surface area contributed by atoms with E-state index in [-0.39, 0.29) is 11.3 Å². The number of piperidine rings is 1. The maximum absolute atomic E-state index is 12.1. The highest BCUT2D eigenvalue weighted by molar-refractivity contribution is 5.99. The smallest absolute Gasteiger partial charge is 0.273 e. The van der Waals surface area contributed by atoms with Crippen molar-refractivity contribution >= 4 is 5.78 Å². The summed E-state index contributed by atoms with van der Waals surface area (Å²) < 4.78 is 1.85. The monoisotopic (exact) mass is 284 g/mol. The van der Waals surface area contributed by atoms with E-state index in [2.05, 4.69) is 15.7 Å². The topological polar surface area (TPSA) is 76.0 Å². The minimum absolute atomic E-state index is 0.0272. The molecule has 0 radical (unpaired) electrons. The van der Waals surface area contributed by atoms with Crippen LogP contribution in [0, 0.1) is 0 Å². The summed E-state index contributed by atoms with van der Waals surface area (Å²) >= 11 is 0. The van der Waals surface area contributed by atoms with Gasteiger partial charge in [-0.05, 0) is 38.1 Å². The van der Waals surface area contributed by atoms with Crippen LogP contribution in [0.3, 0.4) is 0 Å². The molecule has 3 heterocycles. The summed E-state index contributed by atoms with van der Waals surface area (Å²) in [6, 6.07) is 1.60. The molecule has 2 N–H and O–H groups in total. The van der Waals surface area contributed by atoms with Gasteiger partial charge in [0.2, 0.25) is 0 Å². The van der Waals surface area contributed by atoms with Gasteiger partial charge in [-0.1, -0.05) is 6.08 Å². The van der Waals surface area contributed by atoms with Crippen molar-refractivity contribution in [3.05, 3.63) is 51.9 Å². The first-order chi connectivity index (χ1) is 10.2. The molecule has 1 atom stereocenters. The summed E-state index contributed by atoms with van der Waals surface area (Å²) in [4.78, 5) is 28.1. The van der Waals surface area contributed by atoms with Gasteiger partial charge in [0.1, 0.15) is 11.7 Å². The number of ketones is 1. The lowest BCUT2D eigenvalue weighted by Gasteiger charge is -2.25. The van der Waals surface area contributed by atoms with E-state index in [0.29, 0.717) is 11.7 Å². The lowest BCUT2D eigenvalue weighted by molar-refractivity contribution is -0.115. The summed E-state index contributed by atoms with van der Waals surface area (Å²) in [5.74, 6) is 0.360. The van der Waals surface area contributed by atoms with Crippen LogP contribution in [0.25, 0.3) is 0 Å². The van der Waals surface area contributed by atoms with Crippen LogP contribution in [0.4, 0.5) is 0 Å². The fraction of sp³-hybridized carbons (Fsp3) is 0.400. The van der Waals surface area contributed by atoms with Crippen molar-refractivity contribution in [1.82, 2.24) is 15.0 Å². The number of nitrogens with zero attached hydrogens (tertiary/aromatic N) is 2. The van der Waals surface area contributed by atoms with Crippen LogP contribution in [0.2, 0.25) is 0 Å². The molecule has 1 aliphatic carbocycles. The van der Waals surface area contributed by atoms with Crippen molar-refractivity contribution in [1.29, 1.82) is 0 Å². The van der Waals surface area contributed by atoms with Gasteiger partial charge in [-0.2, -0.15) is 4.98 Å². The van der Waals surface area contributed by atoms with Gasteiger partial charge in [0.05, 0.1) is 11.4 Å². The number of rotatable bonds is 1. The van der Waals surface area contributed by atoms with E-state index in [1.165, 1.54) is 6.08 Å². The Bertz CT molecular complexity index is 726. The predicted molar refractivity (Wildman–Crippen MR) is 77.7 cm³/mol. The third kappa shape index (κ3) is 1.94. The molecule has 1 aromatic rings. The Hall–Kier alpha value is -2.21. The third-order valence-electron chi connectivity index (χ3n) is 4.37. The van der Waals surface area contributed by atoms with E-state index < -0.39 is 5.92 Å². The number of nitrogens with one attached hydrogen (secondary N) is 2. The molecule has 0 aromatic carbocycles. The SMILES string of the molecule is O=C1C=CC=C2Nn3c(C4CCNCC4)cc(=O)nc3C12. The van der Waals surface area contributed by atoms with Gasteiger partial charge in [0.25, 0.3) is 5.56 Å². The molecule has 3 aliphatic rings. The van der Waals surface area contributed by atoms with Gasteiger partial charge in [-0.25, -0.2) is 4.68 Å². The lowest BCUT2D eigenvalue weighted by atomic mass is 9.93. The second kappa shape index (κ2) is 4.66. The number of allylic oxidation sites excluding steroid dienone is 4. The maximum atomic E-state index is 12.1. The van der Waals surface area contributed by atoms with E-state index in [1.807, 2.05) is 10.8 Å². The zero-order valence-electron chi connectivity index (χ0n) is 11.5. The van der Waals surface area contributed by atoms with Crippen molar-refractivity contribution in [2.24, 2.45) is 0 Å². The Morgan fingerprint density at radius 3 is 2.86 bits per heavy atom. The van der Waals surface area contributed by atoms with Gasteiger partial charge in [0.15, 0.2) is 5.78 Å². The fourth-order valence-corrected chi connectivity index (χ4v) is 3.34. The number of carbonyl (C=O) groups excluding carboxylic acids is 1. The van der Waals surface area contributed by atoms with Crippen LogP contribution in [0.5, 0.6) is 0 Å². The van der Waals surface area contributed by atoms with E-state index in [1.54, 1.807) is 12.1 Å². The lowest BCUT2D eigenvalue weighted by Crippen LogP contribution is -2.31. The average Bonchev–Trinajstić information content (AvgIpc) is 2.87. The van der Waals surface area contributed by atoms with Crippen LogP contribution < -0.4 is 16.3 Å². The molecular formula is C15H16N4O2. The highest BCUT2D eigenvalue weighted by atomic mass is 16.1. The van der Waals surface area contributed by atoms with E-state index in [9.17, 15) is 9.59 Å². The zero-order chi connectivity index (χ0) is 14.4. The van der Waals surface area contributed by atoms with E-state index in [0.717, 1.165) is 37.3 Å². The molecule has 1 fully saturated rings. The molecule has 0 spiro atoms. The molecule has 0 saturated carbocycles. The molecule has 1 saturated heterocycles. The van der Waals surface area contributed by atoms with Crippen molar-refractivity contribution < 1.29 is 4.79 Å². The average molecular weight is 284 g/mol. The number of aromatic nitrogens is 2. The Labute approximate surface area is 121 Å². The summed E-state index contributed by atoms with van der Waals surface area (Å²) in [5.41, 5.74) is 4.72. The van der Waals surface area contributed by atoms with E-state index in [4.69, 9.17) is 0 Å². The van der Waals surface area contributed by atoms with Gasteiger partial charge in [-0.3, -0.25) is 15.0 Å². The first-order valence-corrected chi connectivity index (χ1v) is 7.28. The normalized spacial score (nSPS) is 24.3. The Morgan fingerprint density at radius 2 is 2.05 bits per heavy atom. The number of hydrogen-bond donors (Lipinski definition) is 2. The predicted octanol–water partition coefficient (Wildman–Crippen LogP) is 0.374. The quantitative estimate of drug-likeness (QED) is 0.779. The van der Waals surface area contributed by atoms with Crippen molar-refractivity contribution in [3.63, 3.8) is 0 Å².